The Balaban J connectivity index is 1.12. The fraction of sp³-hybridized carbons (Fsp3) is 0.158. The fourth-order valence-corrected chi connectivity index (χ4v) is 17.0. The van der Waals surface area contributed by atoms with E-state index >= 15 is 8.78 Å². The van der Waals surface area contributed by atoms with Crippen LogP contribution >= 0.6 is 0 Å². The van der Waals surface area contributed by atoms with Gasteiger partial charge in [-0.1, -0.05) is 281 Å². The Hall–Kier alpha value is -7.99. The minimum atomic E-state index is -1.68. The van der Waals surface area contributed by atoms with Crippen molar-refractivity contribution in [1.82, 2.24) is 0 Å². The van der Waals surface area contributed by atoms with Crippen molar-refractivity contribution in [2.45, 2.75) is 78.6 Å². The van der Waals surface area contributed by atoms with E-state index in [0.717, 1.165) is 99.6 Å². The van der Waals surface area contributed by atoms with Crippen LogP contribution in [0.25, 0.3) is 76.8 Å². The Bertz CT molecular complexity index is 4100. The molecule has 0 radical (unpaired) electrons. The Morgan fingerprint density at radius 3 is 0.857 bits per heavy atom. The predicted molar refractivity (Wildman–Crippen MR) is 373 cm³/mol. The van der Waals surface area contributed by atoms with Crippen LogP contribution < -0.4 is 30.5 Å². The molecular formula is C76H74F2N2Si4. The topological polar surface area (TPSA) is 6.48 Å². The van der Waals surface area contributed by atoms with Crippen molar-refractivity contribution in [3.05, 3.63) is 242 Å². The minimum absolute atomic E-state index is 0.320. The molecule has 0 heterocycles. The second kappa shape index (κ2) is 21.6. The lowest BCUT2D eigenvalue weighted by atomic mass is 9.89. The maximum Gasteiger partial charge on any atom is 0.147 e. The number of halogens is 2. The summed E-state index contributed by atoms with van der Waals surface area (Å²) in [7, 11) is -6.58. The summed E-state index contributed by atoms with van der Waals surface area (Å²) in [6.07, 6.45) is 0. The molecule has 84 heavy (non-hydrogen) atoms. The van der Waals surface area contributed by atoms with Gasteiger partial charge in [-0.25, -0.2) is 8.78 Å². The lowest BCUT2D eigenvalue weighted by Gasteiger charge is -2.32. The van der Waals surface area contributed by atoms with Gasteiger partial charge in [0.15, 0.2) is 0 Å². The smallest absolute Gasteiger partial charge is 0.147 e. The maximum atomic E-state index is 18.0. The minimum Gasteiger partial charge on any atom is -0.307 e. The second-order valence-electron chi connectivity index (χ2n) is 26.9. The molecule has 0 fully saturated rings. The molecule has 0 aromatic heterocycles. The highest BCUT2D eigenvalue weighted by Gasteiger charge is 2.31. The van der Waals surface area contributed by atoms with E-state index in [1.54, 1.807) is 12.1 Å². The summed E-state index contributed by atoms with van der Waals surface area (Å²) in [5, 5.41) is 11.6. The molecule has 2 nitrogen and oxygen atoms in total. The van der Waals surface area contributed by atoms with Gasteiger partial charge in [-0.05, 0) is 103 Å². The Morgan fingerprint density at radius 2 is 0.560 bits per heavy atom. The van der Waals surface area contributed by atoms with Gasteiger partial charge in [0.2, 0.25) is 0 Å². The lowest BCUT2D eigenvalue weighted by molar-refractivity contribution is 0.629. The molecule has 0 bridgehead atoms. The van der Waals surface area contributed by atoms with Crippen molar-refractivity contribution >= 4 is 119 Å². The SMILES string of the molecule is C[Si](C)(C)c1ccc(-c2ccc(F)c(N(c3ccccc3)c3ccc4ccc5c(N(c6ccccc6)c6c(F)ccc(-c7ccc([Si](C)(C)C)cc7)c6-c6ccc([Si](C)(C)C)cc6)ccc6ccc3c4c65)c2-c2ccc([Si](C)(C)C)cc2)cc1. The number of para-hydroxylation sites is 2. The molecule has 418 valence electrons. The largest absolute Gasteiger partial charge is 0.307 e. The molecule has 0 spiro atoms. The zero-order valence-electron chi connectivity index (χ0n) is 50.6. The average Bonchev–Trinajstić information content (AvgIpc) is 2.86. The van der Waals surface area contributed by atoms with E-state index in [2.05, 4.69) is 258 Å². The molecule has 8 heteroatoms. The molecule has 0 aliphatic heterocycles. The van der Waals surface area contributed by atoms with Crippen molar-refractivity contribution in [1.29, 1.82) is 0 Å². The number of hydrogen-bond acceptors (Lipinski definition) is 2. The first kappa shape index (κ1) is 56.5. The third-order valence-corrected chi connectivity index (χ3v) is 25.3. The van der Waals surface area contributed by atoms with Crippen molar-refractivity contribution in [2.24, 2.45) is 0 Å². The van der Waals surface area contributed by atoms with E-state index in [-0.39, 0.29) is 11.6 Å². The van der Waals surface area contributed by atoms with Gasteiger partial charge in [-0.15, -0.1) is 0 Å². The molecule has 12 rings (SSSR count). The number of benzene rings is 12. The van der Waals surface area contributed by atoms with Crippen LogP contribution in [0.4, 0.5) is 42.9 Å². The molecule has 0 aliphatic carbocycles. The van der Waals surface area contributed by atoms with Gasteiger partial charge in [-0.2, -0.15) is 0 Å². The van der Waals surface area contributed by atoms with Crippen molar-refractivity contribution < 1.29 is 8.78 Å². The summed E-state index contributed by atoms with van der Waals surface area (Å²) in [5.41, 5.74) is 11.9. The van der Waals surface area contributed by atoms with E-state index in [0.29, 0.717) is 11.4 Å². The average molecular weight is 1170 g/mol. The first-order chi connectivity index (χ1) is 40.0. The van der Waals surface area contributed by atoms with Crippen LogP contribution in [0.15, 0.2) is 231 Å². The Kier molecular flexibility index (Phi) is 14.5. The molecule has 0 unspecified atom stereocenters. The van der Waals surface area contributed by atoms with E-state index in [9.17, 15) is 0 Å². The summed E-state index contributed by atoms with van der Waals surface area (Å²) < 4.78 is 36.0. The predicted octanol–water partition coefficient (Wildman–Crippen LogP) is 20.7. The monoisotopic (exact) mass is 1160 g/mol. The van der Waals surface area contributed by atoms with Crippen LogP contribution in [0.3, 0.4) is 0 Å². The molecule has 12 aromatic carbocycles. The van der Waals surface area contributed by atoms with Gasteiger partial charge >= 0.3 is 0 Å². The van der Waals surface area contributed by atoms with Gasteiger partial charge in [0, 0.05) is 33.3 Å². The van der Waals surface area contributed by atoms with Crippen molar-refractivity contribution in [3.8, 4) is 44.5 Å². The van der Waals surface area contributed by atoms with E-state index in [1.165, 1.54) is 20.7 Å². The van der Waals surface area contributed by atoms with Crippen LogP contribution in [0.5, 0.6) is 0 Å². The van der Waals surface area contributed by atoms with Gasteiger partial charge < -0.3 is 9.80 Å². The normalized spacial score (nSPS) is 12.4. The third-order valence-electron chi connectivity index (χ3n) is 17.0. The van der Waals surface area contributed by atoms with Crippen molar-refractivity contribution in [2.75, 3.05) is 9.80 Å². The Labute approximate surface area is 500 Å². The molecule has 0 atom stereocenters. The van der Waals surface area contributed by atoms with Crippen LogP contribution in [-0.4, -0.2) is 32.3 Å². The van der Waals surface area contributed by atoms with Crippen LogP contribution in [0, 0.1) is 11.6 Å². The number of nitrogens with zero attached hydrogens (tertiary/aromatic N) is 2. The summed E-state index contributed by atoms with van der Waals surface area (Å²) in [6.45, 7) is 28.4. The first-order valence-corrected chi connectivity index (χ1v) is 43.5. The van der Waals surface area contributed by atoms with Crippen LogP contribution in [0.2, 0.25) is 78.6 Å². The molecule has 0 aliphatic rings. The maximum absolute atomic E-state index is 18.0. The Morgan fingerprint density at radius 1 is 0.274 bits per heavy atom. The number of hydrogen-bond donors (Lipinski definition) is 0. The van der Waals surface area contributed by atoms with Crippen LogP contribution in [0.1, 0.15) is 0 Å². The summed E-state index contributed by atoms with van der Waals surface area (Å²) in [5.74, 6) is -0.640. The van der Waals surface area contributed by atoms with E-state index < -0.39 is 32.3 Å². The quantitative estimate of drug-likeness (QED) is 0.0791. The van der Waals surface area contributed by atoms with Crippen LogP contribution in [-0.2, 0) is 0 Å². The first-order valence-electron chi connectivity index (χ1n) is 29.5. The molecule has 0 amide bonds. The molecule has 0 N–H and O–H groups in total. The standard InChI is InChI=1S/C76H74F2N2Si4/c1-81(2,3)59-35-23-51(24-36-59)63-45-47-67(77)75(73(63)55-27-39-61(40-28-55)83(7,8)9)79(57-19-15-13-16-20-57)69-49-33-53-32-44-66-70(50-34-54-31-43-65(69)71(53)72(54)66)80(58-21-17-14-18-22-58)76-68(78)48-46-64(52-25-37-60(38-26-52)82(4,5)6)74(76)56-29-41-62(42-30-56)84(10,11)12/h13-50H,1-12H3. The highest BCUT2D eigenvalue weighted by molar-refractivity contribution is 6.90. The number of rotatable bonds is 14. The zero-order chi connectivity index (χ0) is 59.0. The second-order valence-corrected chi connectivity index (χ2v) is 47.2. The van der Waals surface area contributed by atoms with Gasteiger partial charge in [0.05, 0.1) is 55.0 Å². The van der Waals surface area contributed by atoms with Crippen molar-refractivity contribution in [3.63, 3.8) is 0 Å². The van der Waals surface area contributed by atoms with E-state index in [4.69, 9.17) is 0 Å². The summed E-state index contributed by atoms with van der Waals surface area (Å²) in [4.78, 5) is 4.30. The number of anilines is 6. The summed E-state index contributed by atoms with van der Waals surface area (Å²) in [6, 6.07) is 81.1. The van der Waals surface area contributed by atoms with Gasteiger partial charge in [0.25, 0.3) is 0 Å². The molecule has 12 aromatic rings. The molecule has 0 saturated heterocycles. The highest BCUT2D eigenvalue weighted by Crippen LogP contribution is 2.53. The van der Waals surface area contributed by atoms with Gasteiger partial charge in [-0.3, -0.25) is 0 Å². The van der Waals surface area contributed by atoms with E-state index in [1.807, 2.05) is 48.5 Å². The summed E-state index contributed by atoms with van der Waals surface area (Å²) >= 11 is 0. The highest BCUT2D eigenvalue weighted by atomic mass is 28.3. The van der Waals surface area contributed by atoms with Gasteiger partial charge in [0.1, 0.15) is 11.6 Å². The molecule has 0 saturated carbocycles. The third kappa shape index (κ3) is 10.5. The zero-order valence-corrected chi connectivity index (χ0v) is 54.6. The fourth-order valence-electron chi connectivity index (χ4n) is 12.3. The molecular weight excluding hydrogens is 1090 g/mol. The lowest BCUT2D eigenvalue weighted by Crippen LogP contribution is -2.37.